The lowest BCUT2D eigenvalue weighted by molar-refractivity contribution is 0.980. The standard InChI is InChI=1S/C18H23N/c1-7-8-9-18(16(5)19-6)15(4)17-11-10-13(2)14(3)12-17/h7-12,19H,1,4H2,2-3,5-6H3/b9-8-,18-16-. The van der Waals surface area contributed by atoms with E-state index in [1.807, 2.05) is 19.2 Å². The zero-order valence-corrected chi connectivity index (χ0v) is 12.4. The number of hydrogen-bond donors (Lipinski definition) is 1. The highest BCUT2D eigenvalue weighted by atomic mass is 14.8. The summed E-state index contributed by atoms with van der Waals surface area (Å²) in [7, 11) is 1.92. The van der Waals surface area contributed by atoms with Crippen LogP contribution in [0.2, 0.25) is 0 Å². The maximum Gasteiger partial charge on any atom is 0.0152 e. The fourth-order valence-electron chi connectivity index (χ4n) is 1.84. The first-order valence-corrected chi connectivity index (χ1v) is 6.46. The van der Waals surface area contributed by atoms with Crippen molar-refractivity contribution < 1.29 is 0 Å². The summed E-state index contributed by atoms with van der Waals surface area (Å²) < 4.78 is 0. The SMILES string of the molecule is C=C/C=C\C(C(=C)c1ccc(C)c(C)c1)=C(/C)NC. The minimum Gasteiger partial charge on any atom is -0.391 e. The van der Waals surface area contributed by atoms with Gasteiger partial charge >= 0.3 is 0 Å². The van der Waals surface area contributed by atoms with Crippen molar-refractivity contribution in [3.8, 4) is 0 Å². The van der Waals surface area contributed by atoms with Crippen molar-refractivity contribution >= 4 is 5.57 Å². The smallest absolute Gasteiger partial charge is 0.0152 e. The van der Waals surface area contributed by atoms with E-state index in [0.29, 0.717) is 0 Å². The molecule has 1 heteroatoms. The Bertz CT molecular complexity index is 545. The Hall–Kier alpha value is -2.02. The van der Waals surface area contributed by atoms with E-state index in [-0.39, 0.29) is 0 Å². The van der Waals surface area contributed by atoms with Crippen molar-refractivity contribution in [1.82, 2.24) is 5.32 Å². The van der Waals surface area contributed by atoms with Gasteiger partial charge in [0.1, 0.15) is 0 Å². The van der Waals surface area contributed by atoms with Crippen LogP contribution in [0.4, 0.5) is 0 Å². The first-order valence-electron chi connectivity index (χ1n) is 6.46. The fraction of sp³-hybridized carbons (Fsp3) is 0.222. The third kappa shape index (κ3) is 3.72. The molecule has 0 saturated carbocycles. The van der Waals surface area contributed by atoms with Crippen LogP contribution in [-0.2, 0) is 0 Å². The summed E-state index contributed by atoms with van der Waals surface area (Å²) >= 11 is 0. The summed E-state index contributed by atoms with van der Waals surface area (Å²) in [5.74, 6) is 0. The lowest BCUT2D eigenvalue weighted by Crippen LogP contribution is -2.06. The molecule has 1 nitrogen and oxygen atoms in total. The van der Waals surface area contributed by atoms with E-state index in [1.54, 1.807) is 6.08 Å². The lowest BCUT2D eigenvalue weighted by atomic mass is 9.95. The monoisotopic (exact) mass is 253 g/mol. The van der Waals surface area contributed by atoms with Gasteiger partial charge in [-0.1, -0.05) is 49.6 Å². The van der Waals surface area contributed by atoms with Gasteiger partial charge in [0, 0.05) is 18.3 Å². The molecule has 0 spiro atoms. The number of hydrogen-bond acceptors (Lipinski definition) is 1. The Morgan fingerprint density at radius 3 is 2.42 bits per heavy atom. The van der Waals surface area contributed by atoms with Crippen LogP contribution in [0.5, 0.6) is 0 Å². The number of allylic oxidation sites excluding steroid dienone is 6. The quantitative estimate of drug-likeness (QED) is 0.759. The summed E-state index contributed by atoms with van der Waals surface area (Å²) in [6, 6.07) is 6.44. The molecule has 0 atom stereocenters. The second-order valence-electron chi connectivity index (χ2n) is 4.66. The van der Waals surface area contributed by atoms with Gasteiger partial charge < -0.3 is 5.32 Å². The van der Waals surface area contributed by atoms with E-state index in [1.165, 1.54) is 11.1 Å². The van der Waals surface area contributed by atoms with Crippen molar-refractivity contribution in [2.24, 2.45) is 0 Å². The van der Waals surface area contributed by atoms with Gasteiger partial charge in [-0.3, -0.25) is 0 Å². The molecule has 0 aliphatic heterocycles. The molecule has 1 aromatic rings. The Labute approximate surface area is 117 Å². The van der Waals surface area contributed by atoms with Gasteiger partial charge in [0.25, 0.3) is 0 Å². The molecule has 0 aliphatic carbocycles. The molecule has 0 aromatic heterocycles. The molecule has 0 bridgehead atoms. The second kappa shape index (κ2) is 6.79. The van der Waals surface area contributed by atoms with Crippen LogP contribution < -0.4 is 5.32 Å². The number of benzene rings is 1. The summed E-state index contributed by atoms with van der Waals surface area (Å²) in [6.07, 6.45) is 5.75. The number of aryl methyl sites for hydroxylation is 2. The Morgan fingerprint density at radius 1 is 1.21 bits per heavy atom. The fourth-order valence-corrected chi connectivity index (χ4v) is 1.84. The molecule has 19 heavy (non-hydrogen) atoms. The van der Waals surface area contributed by atoms with Crippen LogP contribution in [0.3, 0.4) is 0 Å². The van der Waals surface area contributed by atoms with Gasteiger partial charge in [0.2, 0.25) is 0 Å². The topological polar surface area (TPSA) is 12.0 Å². The molecule has 1 rings (SSSR count). The molecule has 0 fully saturated rings. The Kier molecular flexibility index (Phi) is 5.37. The Balaban J connectivity index is 3.23. The van der Waals surface area contributed by atoms with Gasteiger partial charge in [-0.05, 0) is 43.0 Å². The van der Waals surface area contributed by atoms with Gasteiger partial charge in [0.15, 0.2) is 0 Å². The zero-order chi connectivity index (χ0) is 14.4. The summed E-state index contributed by atoms with van der Waals surface area (Å²) in [4.78, 5) is 0. The highest BCUT2D eigenvalue weighted by molar-refractivity contribution is 5.81. The maximum absolute atomic E-state index is 4.23. The van der Waals surface area contributed by atoms with E-state index < -0.39 is 0 Å². The van der Waals surface area contributed by atoms with Crippen LogP contribution in [-0.4, -0.2) is 7.05 Å². The van der Waals surface area contributed by atoms with Crippen LogP contribution >= 0.6 is 0 Å². The summed E-state index contributed by atoms with van der Waals surface area (Å²) in [5.41, 5.74) is 6.96. The molecule has 0 heterocycles. The van der Waals surface area contributed by atoms with Crippen LogP contribution in [0.25, 0.3) is 5.57 Å². The van der Waals surface area contributed by atoms with Gasteiger partial charge in [0.05, 0.1) is 0 Å². The highest BCUT2D eigenvalue weighted by Crippen LogP contribution is 2.26. The molecule has 1 aromatic carbocycles. The van der Waals surface area contributed by atoms with Crippen molar-refractivity contribution in [3.05, 3.63) is 77.5 Å². The number of nitrogens with one attached hydrogen (secondary N) is 1. The average Bonchev–Trinajstić information content (AvgIpc) is 2.41. The zero-order valence-electron chi connectivity index (χ0n) is 12.4. The molecule has 0 unspecified atom stereocenters. The van der Waals surface area contributed by atoms with Crippen molar-refractivity contribution in [1.29, 1.82) is 0 Å². The minimum absolute atomic E-state index is 1.02. The summed E-state index contributed by atoms with van der Waals surface area (Å²) in [6.45, 7) is 14.2. The van der Waals surface area contributed by atoms with Crippen LogP contribution in [0.15, 0.2) is 60.9 Å². The van der Waals surface area contributed by atoms with E-state index >= 15 is 0 Å². The first-order chi connectivity index (χ1) is 9.01. The van der Waals surface area contributed by atoms with Crippen molar-refractivity contribution in [2.45, 2.75) is 20.8 Å². The number of rotatable bonds is 5. The average molecular weight is 253 g/mol. The van der Waals surface area contributed by atoms with Gasteiger partial charge in [-0.25, -0.2) is 0 Å². The van der Waals surface area contributed by atoms with E-state index in [2.05, 4.69) is 57.4 Å². The largest absolute Gasteiger partial charge is 0.391 e. The molecule has 0 amide bonds. The molecular weight excluding hydrogens is 230 g/mol. The third-order valence-electron chi connectivity index (χ3n) is 3.36. The minimum atomic E-state index is 1.02. The highest BCUT2D eigenvalue weighted by Gasteiger charge is 2.07. The normalized spacial score (nSPS) is 12.2. The van der Waals surface area contributed by atoms with E-state index in [4.69, 9.17) is 0 Å². The Morgan fingerprint density at radius 2 is 1.89 bits per heavy atom. The van der Waals surface area contributed by atoms with E-state index in [9.17, 15) is 0 Å². The summed E-state index contributed by atoms with van der Waals surface area (Å²) in [5, 5.41) is 3.18. The molecule has 1 N–H and O–H groups in total. The van der Waals surface area contributed by atoms with E-state index in [0.717, 1.165) is 22.4 Å². The van der Waals surface area contributed by atoms with Crippen molar-refractivity contribution in [2.75, 3.05) is 7.05 Å². The predicted octanol–water partition coefficient (Wildman–Crippen LogP) is 4.55. The van der Waals surface area contributed by atoms with Crippen LogP contribution in [0.1, 0.15) is 23.6 Å². The molecule has 0 radical (unpaired) electrons. The third-order valence-corrected chi connectivity index (χ3v) is 3.36. The molecule has 0 aliphatic rings. The lowest BCUT2D eigenvalue weighted by Gasteiger charge is -2.13. The molecule has 100 valence electrons. The van der Waals surface area contributed by atoms with Crippen molar-refractivity contribution in [3.63, 3.8) is 0 Å². The predicted molar refractivity (Wildman–Crippen MR) is 86.0 cm³/mol. The molecule has 0 saturated heterocycles. The molecular formula is C18H23N. The first kappa shape index (κ1) is 15.0. The van der Waals surface area contributed by atoms with Crippen LogP contribution in [0, 0.1) is 13.8 Å². The second-order valence-corrected chi connectivity index (χ2v) is 4.66. The van der Waals surface area contributed by atoms with Gasteiger partial charge in [-0.15, -0.1) is 0 Å². The maximum atomic E-state index is 4.23. The van der Waals surface area contributed by atoms with Gasteiger partial charge in [-0.2, -0.15) is 0 Å².